The number of nitrogens with zero attached hydrogens (tertiary/aromatic N) is 2. The van der Waals surface area contributed by atoms with Gasteiger partial charge in [-0.05, 0) is 18.8 Å². The minimum Gasteiger partial charge on any atom is -0.409 e. The van der Waals surface area contributed by atoms with Crippen molar-refractivity contribution in [2.24, 2.45) is 22.2 Å². The van der Waals surface area contributed by atoms with Gasteiger partial charge in [-0.3, -0.25) is 4.79 Å². The second-order valence-corrected chi connectivity index (χ2v) is 4.80. The number of amidine groups is 1. The number of ether oxygens (including phenoxy) is 1. The minimum absolute atomic E-state index is 0.0184. The average molecular weight is 243 g/mol. The van der Waals surface area contributed by atoms with Gasteiger partial charge in [0, 0.05) is 20.7 Å². The molecule has 0 aliphatic heterocycles. The van der Waals surface area contributed by atoms with Crippen LogP contribution in [-0.4, -0.2) is 49.2 Å². The molecule has 1 aliphatic carbocycles. The molecule has 1 aliphatic rings. The second-order valence-electron chi connectivity index (χ2n) is 4.80. The summed E-state index contributed by atoms with van der Waals surface area (Å²) in [6.45, 7) is 3.03. The van der Waals surface area contributed by atoms with Crippen molar-refractivity contribution in [2.75, 3.05) is 27.3 Å². The molecule has 0 aromatic heterocycles. The van der Waals surface area contributed by atoms with E-state index in [2.05, 4.69) is 5.16 Å². The lowest BCUT2D eigenvalue weighted by molar-refractivity contribution is -0.143. The summed E-state index contributed by atoms with van der Waals surface area (Å²) in [7, 11) is 3.29. The third-order valence-corrected chi connectivity index (χ3v) is 3.38. The number of carbonyl (C=O) groups is 1. The van der Waals surface area contributed by atoms with Crippen LogP contribution in [0, 0.1) is 11.3 Å². The molecule has 1 amide bonds. The van der Waals surface area contributed by atoms with Crippen LogP contribution >= 0.6 is 0 Å². The van der Waals surface area contributed by atoms with Crippen LogP contribution in [0.5, 0.6) is 0 Å². The van der Waals surface area contributed by atoms with E-state index < -0.39 is 5.41 Å². The van der Waals surface area contributed by atoms with Gasteiger partial charge in [0.15, 0.2) is 5.84 Å². The van der Waals surface area contributed by atoms with Crippen LogP contribution in [0.25, 0.3) is 0 Å². The zero-order valence-corrected chi connectivity index (χ0v) is 10.6. The highest BCUT2D eigenvalue weighted by atomic mass is 16.5. The average Bonchev–Trinajstić information content (AvgIpc) is 2.29. The van der Waals surface area contributed by atoms with Gasteiger partial charge in [0.05, 0.1) is 6.61 Å². The van der Waals surface area contributed by atoms with E-state index in [1.165, 1.54) is 0 Å². The van der Waals surface area contributed by atoms with Crippen LogP contribution in [-0.2, 0) is 9.53 Å². The normalized spacial score (nSPS) is 28.6. The van der Waals surface area contributed by atoms with E-state index in [0.717, 1.165) is 0 Å². The Labute approximate surface area is 101 Å². The van der Waals surface area contributed by atoms with Crippen LogP contribution in [0.1, 0.15) is 19.8 Å². The fourth-order valence-electron chi connectivity index (χ4n) is 2.41. The molecular formula is C11H21N3O3. The lowest BCUT2D eigenvalue weighted by Crippen LogP contribution is -2.57. The molecule has 1 fully saturated rings. The number of methoxy groups -OCH3 is 1. The Balaban J connectivity index is 2.75. The van der Waals surface area contributed by atoms with Crippen LogP contribution in [0.4, 0.5) is 0 Å². The molecule has 6 nitrogen and oxygen atoms in total. The molecular weight excluding hydrogens is 222 g/mol. The molecule has 0 atom stereocenters. The number of carbonyl (C=O) groups excluding carboxylic acids is 1. The Bertz CT molecular complexity index is 311. The molecule has 0 radical (unpaired) electrons. The molecule has 0 bridgehead atoms. The second kappa shape index (κ2) is 5.35. The van der Waals surface area contributed by atoms with E-state index in [1.54, 1.807) is 19.1 Å². The summed E-state index contributed by atoms with van der Waals surface area (Å²) in [4.78, 5) is 13.9. The van der Waals surface area contributed by atoms with Crippen LogP contribution < -0.4 is 5.73 Å². The Hall–Kier alpha value is -1.30. The maximum Gasteiger partial charge on any atom is 0.236 e. The highest BCUT2D eigenvalue weighted by Gasteiger charge is 2.53. The first-order valence-corrected chi connectivity index (χ1v) is 5.70. The zero-order chi connectivity index (χ0) is 13.1. The summed E-state index contributed by atoms with van der Waals surface area (Å²) in [6.07, 6.45) is 1.28. The number of oxime groups is 1. The van der Waals surface area contributed by atoms with Crippen molar-refractivity contribution in [1.82, 2.24) is 4.90 Å². The van der Waals surface area contributed by atoms with E-state index in [9.17, 15) is 4.79 Å². The molecule has 0 unspecified atom stereocenters. The van der Waals surface area contributed by atoms with E-state index >= 15 is 0 Å². The molecule has 98 valence electrons. The number of hydrogen-bond acceptors (Lipinski definition) is 4. The highest BCUT2D eigenvalue weighted by molar-refractivity contribution is 6.07. The van der Waals surface area contributed by atoms with E-state index in [1.807, 2.05) is 6.92 Å². The van der Waals surface area contributed by atoms with E-state index in [0.29, 0.717) is 31.9 Å². The molecule has 1 saturated carbocycles. The zero-order valence-electron chi connectivity index (χ0n) is 10.6. The SMILES string of the molecule is COCCN(C)C(=O)C1(C(N)=NO)CC(C)C1. The quantitative estimate of drug-likeness (QED) is 0.313. The van der Waals surface area contributed by atoms with Crippen molar-refractivity contribution in [2.45, 2.75) is 19.8 Å². The standard InChI is InChI=1S/C11H21N3O3/c1-8-6-11(7-8,9(12)13-16)10(15)14(2)4-5-17-3/h8,16H,4-7H2,1-3H3,(H2,12,13). The lowest BCUT2D eigenvalue weighted by atomic mass is 9.61. The van der Waals surface area contributed by atoms with Crippen LogP contribution in [0.3, 0.4) is 0 Å². The van der Waals surface area contributed by atoms with Crippen molar-refractivity contribution in [1.29, 1.82) is 0 Å². The van der Waals surface area contributed by atoms with Crippen molar-refractivity contribution < 1.29 is 14.7 Å². The van der Waals surface area contributed by atoms with Gasteiger partial charge in [0.25, 0.3) is 0 Å². The number of rotatable bonds is 5. The molecule has 0 heterocycles. The molecule has 3 N–H and O–H groups in total. The van der Waals surface area contributed by atoms with Crippen molar-refractivity contribution >= 4 is 11.7 Å². The van der Waals surface area contributed by atoms with Gasteiger partial charge in [-0.15, -0.1) is 0 Å². The summed E-state index contributed by atoms with van der Waals surface area (Å²) in [6, 6.07) is 0. The van der Waals surface area contributed by atoms with Gasteiger partial charge in [-0.1, -0.05) is 12.1 Å². The van der Waals surface area contributed by atoms with Gasteiger partial charge in [0.1, 0.15) is 5.41 Å². The first kappa shape index (κ1) is 13.8. The molecule has 6 heteroatoms. The third-order valence-electron chi connectivity index (χ3n) is 3.38. The topological polar surface area (TPSA) is 88.2 Å². The Morgan fingerprint density at radius 1 is 1.65 bits per heavy atom. The van der Waals surface area contributed by atoms with Gasteiger partial charge < -0.3 is 20.6 Å². The number of hydrogen-bond donors (Lipinski definition) is 2. The van der Waals surface area contributed by atoms with Crippen molar-refractivity contribution in [3.63, 3.8) is 0 Å². The number of likely N-dealkylation sites (N-methyl/N-ethyl adjacent to an activating group) is 1. The Morgan fingerprint density at radius 2 is 2.24 bits per heavy atom. The van der Waals surface area contributed by atoms with Gasteiger partial charge in [-0.2, -0.15) is 0 Å². The first-order chi connectivity index (χ1) is 7.97. The predicted octanol–water partition coefficient (Wildman–Crippen LogP) is 0.254. The first-order valence-electron chi connectivity index (χ1n) is 5.70. The number of nitrogens with two attached hydrogens (primary N) is 1. The van der Waals surface area contributed by atoms with E-state index in [-0.39, 0.29) is 11.7 Å². The fourth-order valence-corrected chi connectivity index (χ4v) is 2.41. The Kier molecular flexibility index (Phi) is 4.34. The maximum absolute atomic E-state index is 12.3. The van der Waals surface area contributed by atoms with Gasteiger partial charge >= 0.3 is 0 Å². The van der Waals surface area contributed by atoms with Crippen LogP contribution in [0.2, 0.25) is 0 Å². The minimum atomic E-state index is -0.809. The largest absolute Gasteiger partial charge is 0.409 e. The highest BCUT2D eigenvalue weighted by Crippen LogP contribution is 2.46. The molecule has 17 heavy (non-hydrogen) atoms. The molecule has 0 aromatic rings. The van der Waals surface area contributed by atoms with Crippen molar-refractivity contribution in [3.8, 4) is 0 Å². The molecule has 0 spiro atoms. The number of amides is 1. The smallest absolute Gasteiger partial charge is 0.236 e. The third kappa shape index (κ3) is 2.52. The summed E-state index contributed by atoms with van der Waals surface area (Å²) in [5.41, 5.74) is 4.86. The van der Waals surface area contributed by atoms with Crippen LogP contribution in [0.15, 0.2) is 5.16 Å². The van der Waals surface area contributed by atoms with Gasteiger partial charge in [-0.25, -0.2) is 0 Å². The van der Waals surface area contributed by atoms with Gasteiger partial charge in [0.2, 0.25) is 5.91 Å². The monoisotopic (exact) mass is 243 g/mol. The molecule has 1 rings (SSSR count). The summed E-state index contributed by atoms with van der Waals surface area (Å²) < 4.78 is 4.93. The summed E-state index contributed by atoms with van der Waals surface area (Å²) in [5.74, 6) is 0.350. The molecule has 0 aromatic carbocycles. The summed E-state index contributed by atoms with van der Waals surface area (Å²) >= 11 is 0. The van der Waals surface area contributed by atoms with E-state index in [4.69, 9.17) is 15.7 Å². The van der Waals surface area contributed by atoms with Crippen molar-refractivity contribution in [3.05, 3.63) is 0 Å². The lowest BCUT2D eigenvalue weighted by Gasteiger charge is -2.45. The predicted molar refractivity (Wildman–Crippen MR) is 63.8 cm³/mol. The fraction of sp³-hybridized carbons (Fsp3) is 0.818. The maximum atomic E-state index is 12.3. The molecule has 0 saturated heterocycles. The summed E-state index contributed by atoms with van der Waals surface area (Å²) in [5, 5.41) is 11.8. The Morgan fingerprint density at radius 3 is 2.65 bits per heavy atom.